The quantitative estimate of drug-likeness (QED) is 0.175. The van der Waals surface area contributed by atoms with Crippen LogP contribution in [0, 0.1) is 28.6 Å². The average Bonchev–Trinajstić information content (AvgIpc) is 3.66. The molecule has 1 saturated heterocycles. The summed E-state index contributed by atoms with van der Waals surface area (Å²) >= 11 is 0. The molecule has 8 atom stereocenters. The van der Waals surface area contributed by atoms with Crippen molar-refractivity contribution in [3.8, 4) is 0 Å². The number of hydrogen-bond donors (Lipinski definition) is 1. The van der Waals surface area contributed by atoms with Gasteiger partial charge in [0.25, 0.3) is 0 Å². The lowest BCUT2D eigenvalue weighted by molar-refractivity contribution is -0.214. The number of benzene rings is 1. The van der Waals surface area contributed by atoms with Gasteiger partial charge in [0.2, 0.25) is 0 Å². The highest BCUT2D eigenvalue weighted by molar-refractivity contribution is 7.92. The van der Waals surface area contributed by atoms with Gasteiger partial charge in [0, 0.05) is 18.3 Å². The number of rotatable bonds is 15. The van der Waals surface area contributed by atoms with Crippen LogP contribution in [0.5, 0.6) is 0 Å². The monoisotopic (exact) mass is 897 g/mol. The molecule has 1 aliphatic heterocycles. The Morgan fingerprint density at radius 3 is 2.11 bits per heavy atom. The summed E-state index contributed by atoms with van der Waals surface area (Å²) in [7, 11) is -7.99. The molecule has 6 rings (SSSR count). The predicted molar refractivity (Wildman–Crippen MR) is 255 cm³/mol. The first-order valence-electron chi connectivity index (χ1n) is 23.9. The zero-order chi connectivity index (χ0) is 45.0. The zero-order valence-electron chi connectivity index (χ0n) is 40.5. The lowest BCUT2D eigenvalue weighted by atomic mass is 9.60. The average molecular weight is 897 g/mol. The first kappa shape index (κ1) is 49.1. The summed E-state index contributed by atoms with van der Waals surface area (Å²) in [6.07, 6.45) is 14.3. The highest BCUT2D eigenvalue weighted by Crippen LogP contribution is 2.64. The van der Waals surface area contributed by atoms with Crippen molar-refractivity contribution in [3.63, 3.8) is 0 Å². The van der Waals surface area contributed by atoms with Crippen LogP contribution in [0.1, 0.15) is 139 Å². The topological polar surface area (TPSA) is 91.3 Å². The lowest BCUT2D eigenvalue weighted by Crippen LogP contribution is -2.49. The zero-order valence-corrected chi connectivity index (χ0v) is 43.3. The van der Waals surface area contributed by atoms with E-state index in [0.29, 0.717) is 25.6 Å². The molecule has 4 saturated carbocycles. The molecule has 0 amide bonds. The number of hydrogen-bond acceptors (Lipinski definition) is 7. The minimum atomic E-state index is -3.88. The van der Waals surface area contributed by atoms with Gasteiger partial charge >= 0.3 is 0 Å². The summed E-state index contributed by atoms with van der Waals surface area (Å²) in [6, 6.07) is 8.80. The van der Waals surface area contributed by atoms with Crippen molar-refractivity contribution in [1.29, 1.82) is 0 Å². The fourth-order valence-electron chi connectivity index (χ4n) is 11.5. The molecule has 0 spiro atoms. The van der Waals surface area contributed by atoms with Gasteiger partial charge in [0.05, 0.1) is 41.7 Å². The minimum Gasteiger partial charge on any atom is -0.413 e. The van der Waals surface area contributed by atoms with Crippen molar-refractivity contribution in [1.82, 2.24) is 0 Å². The third-order valence-electron chi connectivity index (χ3n) is 17.4. The normalized spacial score (nSPS) is 31.3. The third-order valence-corrected chi connectivity index (χ3v) is 28.6. The first-order chi connectivity index (χ1) is 28.2. The highest BCUT2D eigenvalue weighted by atomic mass is 32.2. The van der Waals surface area contributed by atoms with Crippen LogP contribution in [0.15, 0.2) is 70.7 Å². The molecule has 0 aromatic heterocycles. The number of fused-ring (bicyclic) bond motifs is 1. The number of ether oxygens (including phenoxy) is 2. The van der Waals surface area contributed by atoms with E-state index in [4.69, 9.17) is 24.9 Å². The molecular formula is C51H84O7SSi2. The van der Waals surface area contributed by atoms with Crippen molar-refractivity contribution in [2.24, 2.45) is 28.6 Å². The van der Waals surface area contributed by atoms with Gasteiger partial charge in [0.1, 0.15) is 0 Å². The maximum atomic E-state index is 14.8. The Morgan fingerprint density at radius 1 is 0.934 bits per heavy atom. The molecule has 344 valence electrons. The summed E-state index contributed by atoms with van der Waals surface area (Å²) in [4.78, 5) is 0.282. The van der Waals surface area contributed by atoms with Crippen LogP contribution >= 0.6 is 0 Å². The molecule has 2 unspecified atom stereocenters. The van der Waals surface area contributed by atoms with E-state index in [9.17, 15) is 13.5 Å². The second-order valence-electron chi connectivity index (χ2n) is 23.3. The smallest absolute Gasteiger partial charge is 0.192 e. The van der Waals surface area contributed by atoms with Crippen molar-refractivity contribution in [3.05, 3.63) is 65.8 Å². The predicted octanol–water partition coefficient (Wildman–Crippen LogP) is 12.7. The number of aliphatic hydroxyl groups excluding tert-OH is 1. The van der Waals surface area contributed by atoms with Crippen molar-refractivity contribution >= 4 is 26.5 Å². The molecule has 7 nitrogen and oxygen atoms in total. The molecule has 1 heterocycles. The van der Waals surface area contributed by atoms with Gasteiger partial charge in [-0.15, -0.1) is 0 Å². The molecule has 1 N–H and O–H groups in total. The Bertz CT molecular complexity index is 1880. The van der Waals surface area contributed by atoms with E-state index in [1.165, 1.54) is 11.1 Å². The Kier molecular flexibility index (Phi) is 14.3. The van der Waals surface area contributed by atoms with Crippen LogP contribution in [0.4, 0.5) is 0 Å². The maximum absolute atomic E-state index is 14.8. The molecule has 4 aliphatic carbocycles. The standard InChI is InChI=1S/C51H84O7SSi2/c1-15-27-51(55-31-32-56-51)50(29-30-50)35-45(59(53,54)41-21-17-16-18-22-41)46(52)37(3)42-25-26-43-38(20-19-28-49(42,43)10)23-24-39-33-40(57-60(11,12)47(4,5)6)34-44(36(39)2)58-61(13,14)48(7,8)9/h16-18,21-24,37,40,42-46,52H,2,15,19-20,25-35H2,1,3-14H3/b38-23+,39-24-/t37-,40+,42+,43-,44-,45?,46?,49+/m0/s1. The van der Waals surface area contributed by atoms with Gasteiger partial charge in [-0.2, -0.15) is 0 Å². The summed E-state index contributed by atoms with van der Waals surface area (Å²) in [5.74, 6) is -0.431. The summed E-state index contributed by atoms with van der Waals surface area (Å²) in [6.45, 7) is 35.7. The van der Waals surface area contributed by atoms with Crippen LogP contribution in [0.25, 0.3) is 0 Å². The van der Waals surface area contributed by atoms with E-state index in [1.54, 1.807) is 24.3 Å². The molecule has 5 aliphatic rings. The first-order valence-corrected chi connectivity index (χ1v) is 31.3. The van der Waals surface area contributed by atoms with Crippen LogP contribution < -0.4 is 0 Å². The molecule has 0 bridgehead atoms. The molecule has 5 fully saturated rings. The van der Waals surface area contributed by atoms with Gasteiger partial charge in [-0.05, 0) is 140 Å². The van der Waals surface area contributed by atoms with E-state index in [0.717, 1.165) is 76.2 Å². The fourth-order valence-corrected chi connectivity index (χ4v) is 16.2. The van der Waals surface area contributed by atoms with Crippen LogP contribution in [-0.2, 0) is 28.2 Å². The van der Waals surface area contributed by atoms with Gasteiger partial charge < -0.3 is 23.4 Å². The summed E-state index contributed by atoms with van der Waals surface area (Å²) in [5.41, 5.74) is 3.36. The summed E-state index contributed by atoms with van der Waals surface area (Å²) < 4.78 is 56.6. The molecule has 1 aromatic carbocycles. The summed E-state index contributed by atoms with van der Waals surface area (Å²) in [5, 5.41) is 11.9. The molecular weight excluding hydrogens is 813 g/mol. The molecule has 61 heavy (non-hydrogen) atoms. The second-order valence-corrected chi connectivity index (χ2v) is 35.0. The van der Waals surface area contributed by atoms with Gasteiger partial charge in [-0.25, -0.2) is 8.42 Å². The van der Waals surface area contributed by atoms with Crippen molar-refractivity contribution in [2.45, 2.75) is 210 Å². The van der Waals surface area contributed by atoms with E-state index in [1.807, 2.05) is 6.07 Å². The lowest BCUT2D eigenvalue weighted by Gasteiger charge is -2.46. The highest BCUT2D eigenvalue weighted by Gasteiger charge is 2.65. The van der Waals surface area contributed by atoms with E-state index in [-0.39, 0.29) is 44.4 Å². The molecule has 10 heteroatoms. The van der Waals surface area contributed by atoms with E-state index in [2.05, 4.69) is 101 Å². The SMILES string of the molecule is C=C1/C(=C\C=C2/CCC[C@]3(C)[C@@H]([C@H](C)C(O)C(CC4(C5(CCC)OCCO5)CC4)S(=O)(=O)c4ccccc4)CC[C@@H]23)C[C@@H](O[Si](C)(C)C(C)(C)C)C[C@@H]1O[Si](C)(C)C(C)(C)C. The fraction of sp³-hybridized carbons (Fsp3) is 0.765. The number of aliphatic hydroxyl groups is 1. The van der Waals surface area contributed by atoms with Gasteiger partial charge in [0.15, 0.2) is 32.3 Å². The van der Waals surface area contributed by atoms with E-state index >= 15 is 0 Å². The number of sulfone groups is 1. The van der Waals surface area contributed by atoms with Crippen molar-refractivity contribution < 1.29 is 31.9 Å². The Labute approximate surface area is 374 Å². The Morgan fingerprint density at radius 2 is 1.54 bits per heavy atom. The van der Waals surface area contributed by atoms with Crippen LogP contribution in [0.2, 0.25) is 36.3 Å². The number of allylic oxidation sites excluding steroid dienone is 3. The maximum Gasteiger partial charge on any atom is 0.192 e. The third kappa shape index (κ3) is 9.64. The van der Waals surface area contributed by atoms with E-state index < -0.39 is 49.0 Å². The second kappa shape index (κ2) is 17.8. The largest absolute Gasteiger partial charge is 0.413 e. The van der Waals surface area contributed by atoms with Crippen LogP contribution in [-0.4, -0.2) is 72.7 Å². The molecule has 1 aromatic rings. The molecule has 0 radical (unpaired) electrons. The Balaban J connectivity index is 1.28. The van der Waals surface area contributed by atoms with Gasteiger partial charge in [-0.1, -0.05) is 111 Å². The minimum absolute atomic E-state index is 0.0477. The van der Waals surface area contributed by atoms with Crippen molar-refractivity contribution in [2.75, 3.05) is 13.2 Å². The van der Waals surface area contributed by atoms with Gasteiger partial charge in [-0.3, -0.25) is 0 Å². The Hall–Kier alpha value is -1.38. The van der Waals surface area contributed by atoms with Crippen LogP contribution in [0.3, 0.4) is 0 Å².